The summed E-state index contributed by atoms with van der Waals surface area (Å²) in [6.45, 7) is 13.6. The third-order valence-corrected chi connectivity index (χ3v) is 9.50. The van der Waals surface area contributed by atoms with Gasteiger partial charge in [0.2, 0.25) is 11.8 Å². The first-order valence-electron chi connectivity index (χ1n) is 14.9. The molecule has 2 aliphatic carbocycles. The summed E-state index contributed by atoms with van der Waals surface area (Å²) >= 11 is 0. The highest BCUT2D eigenvalue weighted by atomic mass is 19.1. The van der Waals surface area contributed by atoms with Crippen molar-refractivity contribution in [2.45, 2.75) is 104 Å². The molecular weight excluding hydrogens is 533 g/mol. The van der Waals surface area contributed by atoms with E-state index in [-0.39, 0.29) is 48.5 Å². The number of alkyl halides is 1. The number of ether oxygens (including phenoxy) is 1. The molecule has 41 heavy (non-hydrogen) atoms. The number of halogens is 1. The van der Waals surface area contributed by atoms with Gasteiger partial charge in [0.15, 0.2) is 5.67 Å². The second-order valence-corrected chi connectivity index (χ2v) is 13.9. The van der Waals surface area contributed by atoms with E-state index in [0.717, 1.165) is 5.01 Å². The second kappa shape index (κ2) is 11.1. The van der Waals surface area contributed by atoms with Gasteiger partial charge in [-0.2, -0.15) is 0 Å². The third kappa shape index (κ3) is 6.16. The maximum atomic E-state index is 14.9. The van der Waals surface area contributed by atoms with Crippen molar-refractivity contribution in [1.82, 2.24) is 26.0 Å². The number of nitrogens with one attached hydrogen (secondary N) is 3. The Labute approximate surface area is 241 Å². The fourth-order valence-electron chi connectivity index (χ4n) is 6.38. The summed E-state index contributed by atoms with van der Waals surface area (Å²) in [6.07, 6.45) is 1.15. The largest absolute Gasteiger partial charge is 0.442 e. The molecule has 0 spiro atoms. The number of fused-ring (bicyclic) bond motifs is 1. The molecule has 2 aliphatic heterocycles. The number of hydrogen-bond donors (Lipinski definition) is 3. The first-order valence-corrected chi connectivity index (χ1v) is 14.9. The van der Waals surface area contributed by atoms with Crippen LogP contribution in [0.25, 0.3) is 0 Å². The lowest BCUT2D eigenvalue weighted by molar-refractivity contribution is -0.149. The summed E-state index contributed by atoms with van der Waals surface area (Å²) in [6, 6.07) is -1.89. The highest BCUT2D eigenvalue weighted by molar-refractivity contribution is 5.95. The van der Waals surface area contributed by atoms with Crippen molar-refractivity contribution in [3.8, 4) is 0 Å². The van der Waals surface area contributed by atoms with Crippen molar-refractivity contribution < 1.29 is 33.1 Å². The molecule has 2 unspecified atom stereocenters. The van der Waals surface area contributed by atoms with E-state index in [1.165, 1.54) is 4.90 Å². The number of hydrazine groups is 1. The highest BCUT2D eigenvalue weighted by Crippen LogP contribution is 2.65. The SMILES string of the molecule is CCC(C)C(NC(=O)C1(F)CCC1)C(=O)N1C[C@H]2[C@@H]([C@H]1C(=O)NN(C[C@@H]1CCNC1=O)C(=O)OC(C)(C)C)C2(C)C. The molecule has 2 saturated heterocycles. The van der Waals surface area contributed by atoms with Gasteiger partial charge >= 0.3 is 6.09 Å². The van der Waals surface area contributed by atoms with E-state index in [1.807, 2.05) is 27.7 Å². The molecule has 3 N–H and O–H groups in total. The molecule has 11 nitrogen and oxygen atoms in total. The zero-order chi connectivity index (χ0) is 30.5. The zero-order valence-electron chi connectivity index (χ0n) is 25.3. The maximum Gasteiger partial charge on any atom is 0.429 e. The summed E-state index contributed by atoms with van der Waals surface area (Å²) in [7, 11) is 0. The van der Waals surface area contributed by atoms with Crippen LogP contribution in [0, 0.1) is 29.1 Å². The number of piperidine rings is 1. The van der Waals surface area contributed by atoms with Gasteiger partial charge < -0.3 is 20.3 Å². The quantitative estimate of drug-likeness (QED) is 0.378. The van der Waals surface area contributed by atoms with Crippen molar-refractivity contribution in [3.63, 3.8) is 0 Å². The van der Waals surface area contributed by atoms with Gasteiger partial charge in [0, 0.05) is 13.1 Å². The summed E-state index contributed by atoms with van der Waals surface area (Å²) in [5, 5.41) is 6.44. The Kier molecular flexibility index (Phi) is 8.36. The molecule has 0 radical (unpaired) electrons. The van der Waals surface area contributed by atoms with Crippen molar-refractivity contribution >= 4 is 29.7 Å². The predicted octanol–water partition coefficient (Wildman–Crippen LogP) is 2.30. The Bertz CT molecular complexity index is 1090. The fourth-order valence-corrected chi connectivity index (χ4v) is 6.38. The molecule has 6 atom stereocenters. The van der Waals surface area contributed by atoms with Gasteiger partial charge in [0.1, 0.15) is 17.7 Å². The van der Waals surface area contributed by atoms with Crippen molar-refractivity contribution in [2.24, 2.45) is 29.1 Å². The molecule has 0 aromatic heterocycles. The maximum absolute atomic E-state index is 14.9. The molecule has 4 rings (SSSR count). The smallest absolute Gasteiger partial charge is 0.429 e. The Morgan fingerprint density at radius 1 is 1.22 bits per heavy atom. The number of amides is 5. The molecule has 0 aromatic rings. The van der Waals surface area contributed by atoms with Crippen LogP contribution < -0.4 is 16.1 Å². The number of carbonyl (C=O) groups excluding carboxylic acids is 5. The summed E-state index contributed by atoms with van der Waals surface area (Å²) < 4.78 is 20.4. The zero-order valence-corrected chi connectivity index (χ0v) is 25.3. The van der Waals surface area contributed by atoms with Crippen LogP contribution in [0.2, 0.25) is 0 Å². The van der Waals surface area contributed by atoms with Crippen LogP contribution in [0.4, 0.5) is 9.18 Å². The van der Waals surface area contributed by atoms with E-state index >= 15 is 0 Å². The molecule has 2 saturated carbocycles. The molecule has 0 bridgehead atoms. The number of hydrogen-bond acceptors (Lipinski definition) is 6. The minimum Gasteiger partial charge on any atom is -0.442 e. The monoisotopic (exact) mass is 579 g/mol. The Morgan fingerprint density at radius 2 is 1.88 bits per heavy atom. The van der Waals surface area contributed by atoms with Crippen molar-refractivity contribution in [1.29, 1.82) is 0 Å². The van der Waals surface area contributed by atoms with Gasteiger partial charge in [0.05, 0.1) is 12.5 Å². The average Bonchev–Trinajstić information content (AvgIpc) is 3.21. The predicted molar refractivity (Wildman–Crippen MR) is 148 cm³/mol. The van der Waals surface area contributed by atoms with E-state index in [4.69, 9.17) is 4.74 Å². The topological polar surface area (TPSA) is 137 Å². The van der Waals surface area contributed by atoms with Crippen molar-refractivity contribution in [3.05, 3.63) is 0 Å². The summed E-state index contributed by atoms with van der Waals surface area (Å²) in [5.41, 5.74) is -0.331. The van der Waals surface area contributed by atoms with Crippen LogP contribution >= 0.6 is 0 Å². The van der Waals surface area contributed by atoms with E-state index in [9.17, 15) is 28.4 Å². The number of likely N-dealkylation sites (tertiary alicyclic amines) is 1. The highest BCUT2D eigenvalue weighted by Gasteiger charge is 2.70. The van der Waals surface area contributed by atoms with Gasteiger partial charge in [-0.3, -0.25) is 24.6 Å². The van der Waals surface area contributed by atoms with Gasteiger partial charge in [-0.15, -0.1) is 0 Å². The van der Waals surface area contributed by atoms with Gasteiger partial charge in [-0.1, -0.05) is 34.1 Å². The van der Waals surface area contributed by atoms with Crippen LogP contribution in [0.5, 0.6) is 0 Å². The first kappa shape index (κ1) is 31.0. The summed E-state index contributed by atoms with van der Waals surface area (Å²) in [4.78, 5) is 67.6. The van der Waals surface area contributed by atoms with E-state index < -0.39 is 53.1 Å². The van der Waals surface area contributed by atoms with Crippen LogP contribution in [0.3, 0.4) is 0 Å². The standard InChI is InChI=1S/C29H46FN5O6/c1-8-16(2)20(32-25(39)29(30)11-9-12-29)24(38)34-15-18-19(28(18,6)7)21(34)23(37)33-35(26(40)41-27(3,4)5)14-17-10-13-31-22(17)36/h16-21H,8-15H2,1-7H3,(H,31,36)(H,32,39)(H,33,37)/t16?,17-,18-,19-,20?,21-/m0/s1. The Morgan fingerprint density at radius 3 is 2.39 bits per heavy atom. The molecule has 4 fully saturated rings. The minimum atomic E-state index is -1.96. The Balaban J connectivity index is 1.56. The van der Waals surface area contributed by atoms with Crippen LogP contribution in [0.15, 0.2) is 0 Å². The van der Waals surface area contributed by atoms with Gasteiger partial charge in [-0.05, 0) is 69.6 Å². The minimum absolute atomic E-state index is 0.0604. The first-order chi connectivity index (χ1) is 19.0. The summed E-state index contributed by atoms with van der Waals surface area (Å²) in [5.74, 6) is -2.88. The molecule has 12 heteroatoms. The lowest BCUT2D eigenvalue weighted by Crippen LogP contribution is -2.62. The van der Waals surface area contributed by atoms with Crippen LogP contribution in [0.1, 0.15) is 80.6 Å². The number of rotatable bonds is 8. The molecule has 0 aromatic carbocycles. The van der Waals surface area contributed by atoms with Gasteiger partial charge in [0.25, 0.3) is 11.8 Å². The number of nitrogens with zero attached hydrogens (tertiary/aromatic N) is 2. The fraction of sp³-hybridized carbons (Fsp3) is 0.828. The van der Waals surface area contributed by atoms with Gasteiger partial charge in [-0.25, -0.2) is 14.2 Å². The van der Waals surface area contributed by atoms with Crippen LogP contribution in [-0.4, -0.2) is 82.6 Å². The van der Waals surface area contributed by atoms with E-state index in [1.54, 1.807) is 20.8 Å². The van der Waals surface area contributed by atoms with E-state index in [2.05, 4.69) is 16.1 Å². The molecule has 230 valence electrons. The lowest BCUT2D eigenvalue weighted by Gasteiger charge is -2.38. The second-order valence-electron chi connectivity index (χ2n) is 13.9. The number of carbonyl (C=O) groups is 5. The third-order valence-electron chi connectivity index (χ3n) is 9.50. The Hall–Kier alpha value is -2.92. The van der Waals surface area contributed by atoms with Crippen molar-refractivity contribution in [2.75, 3.05) is 19.6 Å². The molecular formula is C29H46FN5O6. The molecule has 2 heterocycles. The normalized spacial score (nSPS) is 28.9. The molecule has 4 aliphatic rings. The average molecular weight is 580 g/mol. The lowest BCUT2D eigenvalue weighted by atomic mass is 9.81. The van der Waals surface area contributed by atoms with Crippen LogP contribution in [-0.2, 0) is 23.9 Å². The molecule has 5 amide bonds. The van der Waals surface area contributed by atoms with E-state index in [0.29, 0.717) is 32.4 Å².